The number of aromatic nitrogens is 3. The Bertz CT molecular complexity index is 1540. The Morgan fingerprint density at radius 2 is 2.03 bits per heavy atom. The van der Waals surface area contributed by atoms with Crippen LogP contribution in [-0.2, 0) is 4.79 Å². The number of furan rings is 1. The van der Waals surface area contributed by atoms with E-state index in [1.807, 2.05) is 17.0 Å². The van der Waals surface area contributed by atoms with Crippen LogP contribution in [0.4, 0.5) is 0 Å². The van der Waals surface area contributed by atoms with Gasteiger partial charge in [0.05, 0.1) is 5.22 Å². The number of likely N-dealkylation sites (tertiary alicyclic amines) is 1. The molecule has 2 N–H and O–H groups in total. The molecule has 0 aliphatic carbocycles. The lowest BCUT2D eigenvalue weighted by atomic mass is 10.1. The molecule has 3 aliphatic rings. The van der Waals surface area contributed by atoms with Crippen LogP contribution < -0.4 is 20.9 Å². The average molecular weight is 482 g/mol. The van der Waals surface area contributed by atoms with Crippen LogP contribution in [0, 0.1) is 5.41 Å². The number of piperidine rings is 1. The fourth-order valence-corrected chi connectivity index (χ4v) is 4.84. The summed E-state index contributed by atoms with van der Waals surface area (Å²) in [6.45, 7) is 1.50. The lowest BCUT2D eigenvalue weighted by Gasteiger charge is -2.25. The van der Waals surface area contributed by atoms with Gasteiger partial charge in [-0.3, -0.25) is 20.1 Å². The second kappa shape index (κ2) is 8.84. The lowest BCUT2D eigenvalue weighted by molar-refractivity contribution is -0.125. The summed E-state index contributed by atoms with van der Waals surface area (Å²) in [7, 11) is 0. The molecule has 10 heteroatoms. The molecule has 1 saturated heterocycles. The monoisotopic (exact) mass is 481 g/mol. The molecule has 0 unspecified atom stereocenters. The van der Waals surface area contributed by atoms with Gasteiger partial charge in [0.2, 0.25) is 11.0 Å². The standard InChI is InChI=1S/C23H20ClN5O3S/c24-15-6-4-5-14(11-15)18-8-7-16(32-18)12-17-21(25)29-23(26-22(17)31)33-19(27-29)13-20(30)28-9-2-1-3-10-28/h4-8,11-13,25,27H,1-3,9-10H2/b17-12-,19-13+,25-21?. The van der Waals surface area contributed by atoms with Gasteiger partial charge in [0.25, 0.3) is 5.56 Å². The van der Waals surface area contributed by atoms with Crippen molar-refractivity contribution in [1.82, 2.24) is 19.7 Å². The number of hydrogen-bond acceptors (Lipinski definition) is 6. The van der Waals surface area contributed by atoms with Crippen LogP contribution in [0.1, 0.15) is 25.0 Å². The topological polar surface area (TPSA) is 108 Å². The van der Waals surface area contributed by atoms with Crippen molar-refractivity contribution in [3.05, 3.63) is 72.9 Å². The molecule has 3 aliphatic heterocycles. The van der Waals surface area contributed by atoms with Gasteiger partial charge in [-0.05, 0) is 49.6 Å². The number of nitrogens with one attached hydrogen (secondary N) is 2. The van der Waals surface area contributed by atoms with E-state index in [-0.39, 0.29) is 16.6 Å². The first kappa shape index (κ1) is 21.4. The molecule has 0 saturated carbocycles. The van der Waals surface area contributed by atoms with Gasteiger partial charge in [0.1, 0.15) is 16.2 Å². The van der Waals surface area contributed by atoms with Gasteiger partial charge in [-0.15, -0.1) is 0 Å². The smallest absolute Gasteiger partial charge is 0.283 e. The summed E-state index contributed by atoms with van der Waals surface area (Å²) in [4.78, 5) is 31.1. The minimum absolute atomic E-state index is 0.0629. The second-order valence-electron chi connectivity index (χ2n) is 7.76. The number of rotatable bonds is 3. The fraction of sp³-hybridized carbons (Fsp3) is 0.217. The van der Waals surface area contributed by atoms with Gasteiger partial charge in [0.15, 0.2) is 5.49 Å². The van der Waals surface area contributed by atoms with Crippen molar-refractivity contribution in [2.45, 2.75) is 19.3 Å². The first-order valence-corrected chi connectivity index (χ1v) is 11.7. The lowest BCUT2D eigenvalue weighted by Crippen LogP contribution is -2.47. The first-order chi connectivity index (χ1) is 16.0. The number of aromatic amines is 1. The van der Waals surface area contributed by atoms with Crippen molar-refractivity contribution < 1.29 is 9.21 Å². The van der Waals surface area contributed by atoms with Crippen molar-refractivity contribution in [1.29, 1.82) is 5.41 Å². The fourth-order valence-electron chi connectivity index (χ4n) is 3.80. The summed E-state index contributed by atoms with van der Waals surface area (Å²) < 4.78 is 7.77. The minimum Gasteiger partial charge on any atom is -0.457 e. The van der Waals surface area contributed by atoms with Crippen LogP contribution in [0.3, 0.4) is 0 Å². The van der Waals surface area contributed by atoms with Crippen molar-refractivity contribution in [3.63, 3.8) is 0 Å². The third-order valence-corrected chi connectivity index (χ3v) is 6.59. The van der Waals surface area contributed by atoms with E-state index < -0.39 is 5.56 Å². The number of fused-ring (bicyclic) bond motifs is 1. The third kappa shape index (κ3) is 4.42. The van der Waals surface area contributed by atoms with Crippen LogP contribution in [0.25, 0.3) is 28.6 Å². The van der Waals surface area contributed by atoms with Gasteiger partial charge in [0, 0.05) is 29.8 Å². The molecule has 1 aromatic carbocycles. The molecular formula is C23H20ClN5O3S. The normalized spacial score (nSPS) is 15.5. The highest BCUT2D eigenvalue weighted by molar-refractivity contribution is 7.11. The summed E-state index contributed by atoms with van der Waals surface area (Å²) in [6.07, 6.45) is 6.15. The molecule has 5 rings (SSSR count). The van der Waals surface area contributed by atoms with E-state index in [1.165, 1.54) is 16.8 Å². The molecule has 1 fully saturated rings. The van der Waals surface area contributed by atoms with Crippen LogP contribution in [0.2, 0.25) is 5.02 Å². The number of H-pyrrole nitrogens is 1. The van der Waals surface area contributed by atoms with Crippen molar-refractivity contribution in [2.24, 2.45) is 0 Å². The quantitative estimate of drug-likeness (QED) is 0.467. The molecular weight excluding hydrogens is 462 g/mol. The van der Waals surface area contributed by atoms with Crippen LogP contribution in [0.15, 0.2) is 45.6 Å². The molecule has 168 valence electrons. The maximum atomic E-state index is 12.6. The molecule has 1 aromatic heterocycles. The molecule has 1 amide bonds. The number of carbonyl (C=O) groups is 1. The number of hydrogen-bond donors (Lipinski definition) is 2. The Labute approximate surface area is 196 Å². The minimum atomic E-state index is -0.537. The summed E-state index contributed by atoms with van der Waals surface area (Å²) in [5.41, 5.74) is 0.208. The highest BCUT2D eigenvalue weighted by atomic mass is 35.5. The zero-order valence-electron chi connectivity index (χ0n) is 17.5. The van der Waals surface area contributed by atoms with Crippen LogP contribution >= 0.6 is 22.9 Å². The molecule has 4 heterocycles. The molecule has 33 heavy (non-hydrogen) atoms. The summed E-state index contributed by atoms with van der Waals surface area (Å²) >= 11 is 7.21. The average Bonchev–Trinajstić information content (AvgIpc) is 3.44. The Morgan fingerprint density at radius 1 is 1.21 bits per heavy atom. The van der Waals surface area contributed by atoms with Gasteiger partial charge < -0.3 is 9.32 Å². The summed E-state index contributed by atoms with van der Waals surface area (Å²) in [6, 6.07) is 10.8. The Balaban J connectivity index is 1.52. The molecule has 2 aromatic rings. The molecule has 0 spiro atoms. The van der Waals surface area contributed by atoms with Gasteiger partial charge >= 0.3 is 0 Å². The maximum Gasteiger partial charge on any atom is 0.283 e. The Hall–Kier alpha value is -3.43. The molecule has 8 nitrogen and oxygen atoms in total. The van der Waals surface area contributed by atoms with Crippen molar-refractivity contribution in [3.8, 4) is 16.5 Å². The maximum absolute atomic E-state index is 12.6. The van der Waals surface area contributed by atoms with Crippen LogP contribution in [0.5, 0.6) is 0 Å². The number of carbonyl (C=O) groups excluding carboxylic acids is 1. The highest BCUT2D eigenvalue weighted by Crippen LogP contribution is 2.24. The van der Waals surface area contributed by atoms with Gasteiger partial charge in [-0.25, -0.2) is 4.68 Å². The number of benzene rings is 1. The van der Waals surface area contributed by atoms with Gasteiger partial charge in [-0.2, -0.15) is 4.98 Å². The predicted molar refractivity (Wildman–Crippen MR) is 126 cm³/mol. The van der Waals surface area contributed by atoms with E-state index >= 15 is 0 Å². The summed E-state index contributed by atoms with van der Waals surface area (Å²) in [5.74, 6) is 0.933. The van der Waals surface area contributed by atoms with Crippen LogP contribution in [-0.4, -0.2) is 38.7 Å². The molecule has 0 radical (unpaired) electrons. The zero-order chi connectivity index (χ0) is 22.9. The van der Waals surface area contributed by atoms with E-state index in [1.54, 1.807) is 24.3 Å². The second-order valence-corrected chi connectivity index (χ2v) is 9.21. The van der Waals surface area contributed by atoms with Gasteiger partial charge in [-0.1, -0.05) is 35.1 Å². The van der Waals surface area contributed by atoms with Crippen molar-refractivity contribution in [2.75, 3.05) is 13.1 Å². The summed E-state index contributed by atoms with van der Waals surface area (Å²) in [5, 5.41) is 12.5. The third-order valence-electron chi connectivity index (χ3n) is 5.47. The number of halogens is 1. The zero-order valence-corrected chi connectivity index (χ0v) is 19.1. The number of amides is 1. The van der Waals surface area contributed by atoms with E-state index in [9.17, 15) is 9.59 Å². The molecule has 0 atom stereocenters. The van der Waals surface area contributed by atoms with E-state index in [0.29, 0.717) is 26.3 Å². The largest absolute Gasteiger partial charge is 0.457 e. The highest BCUT2D eigenvalue weighted by Gasteiger charge is 2.16. The Morgan fingerprint density at radius 3 is 2.82 bits per heavy atom. The Kier molecular flexibility index (Phi) is 5.74. The van der Waals surface area contributed by atoms with Crippen molar-refractivity contribution >= 4 is 41.0 Å². The van der Waals surface area contributed by atoms with E-state index in [2.05, 4.69) is 10.1 Å². The van der Waals surface area contributed by atoms with E-state index in [0.717, 1.165) is 49.3 Å². The molecule has 0 bridgehead atoms. The first-order valence-electron chi connectivity index (χ1n) is 10.5. The van der Waals surface area contributed by atoms with E-state index in [4.69, 9.17) is 21.4 Å². The SMILES string of the molecule is N=c1/c(=C/c2ccc(-c3cccc(Cl)c3)o2)c(=O)nc2s/c(=C/C(=O)N3CCCCC3)[nH]n1-2. The number of nitrogens with zero attached hydrogens (tertiary/aromatic N) is 3. The predicted octanol–water partition coefficient (Wildman–Crippen LogP) is 2.07.